The summed E-state index contributed by atoms with van der Waals surface area (Å²) in [6.45, 7) is 32.5. The Bertz CT molecular complexity index is 1670. The lowest BCUT2D eigenvalue weighted by Crippen LogP contribution is -2.28. The maximum absolute atomic E-state index is 11.9. The molecule has 101 heavy (non-hydrogen) atoms. The fourth-order valence-electron chi connectivity index (χ4n) is 7.26. The third kappa shape index (κ3) is 89.6. The number of ketones is 1. The summed E-state index contributed by atoms with van der Waals surface area (Å²) >= 11 is 0. The largest absolute Gasteiger partial charge is 0.379 e. The van der Waals surface area contributed by atoms with Crippen LogP contribution in [0.1, 0.15) is 40.0 Å². The molecule has 0 heterocycles. The van der Waals surface area contributed by atoms with Crippen LogP contribution in [0.3, 0.4) is 0 Å². The lowest BCUT2D eigenvalue weighted by Gasteiger charge is -2.16. The van der Waals surface area contributed by atoms with Crippen molar-refractivity contribution in [2.75, 3.05) is 383 Å². The van der Waals surface area contributed by atoms with E-state index < -0.39 is 0 Å². The molecule has 0 aromatic carbocycles. The van der Waals surface area contributed by atoms with Gasteiger partial charge in [-0.25, -0.2) is 0 Å². The Morgan fingerprint density at radius 1 is 0.248 bits per heavy atom. The summed E-state index contributed by atoms with van der Waals surface area (Å²) in [6.07, 6.45) is 1.37. The molecular weight excluding hydrogens is 1340 g/mol. The zero-order valence-corrected chi connectivity index (χ0v) is 61.7. The van der Waals surface area contributed by atoms with Crippen LogP contribution in [0.5, 0.6) is 0 Å². The standard InChI is InChI=1S/C67H132N4O30/c1-67(2,3)65(72)5-10-75-14-18-79-23-25-82-27-29-84-31-33-86-35-37-88-39-41-90-43-45-92-47-49-94-51-53-96-55-57-98-59-61-100-63-64-101-62-60-99-58-56-97-54-52-95-50-48-93-46-44-91-42-40-89-38-36-87-34-32-85-30-28-83-26-24-81-20-16-77-12-8-69-66(73)6-11-76-15-19-80-22-21-78-17-13-74-9-4-7-70-71-68/h4-64H2,1-3H3,(H,69,73). The summed E-state index contributed by atoms with van der Waals surface area (Å²) in [5, 5.41) is 6.23. The van der Waals surface area contributed by atoms with Gasteiger partial charge in [-0.15, -0.1) is 0 Å². The van der Waals surface area contributed by atoms with Gasteiger partial charge in [-0.2, -0.15) is 0 Å². The van der Waals surface area contributed by atoms with Gasteiger partial charge in [0.25, 0.3) is 0 Å². The first-order valence-electron chi connectivity index (χ1n) is 35.9. The van der Waals surface area contributed by atoms with Crippen LogP contribution in [0.2, 0.25) is 0 Å². The van der Waals surface area contributed by atoms with Crippen LogP contribution in [0, 0.1) is 5.41 Å². The van der Waals surface area contributed by atoms with E-state index in [4.69, 9.17) is 138 Å². The minimum atomic E-state index is -0.327. The molecule has 0 saturated heterocycles. The van der Waals surface area contributed by atoms with Crippen LogP contribution in [0.4, 0.5) is 0 Å². The molecule has 0 aliphatic rings. The molecular formula is C67H132N4O30. The molecule has 0 aromatic rings. The van der Waals surface area contributed by atoms with Crippen molar-refractivity contribution >= 4 is 11.7 Å². The number of hydrogen-bond donors (Lipinski definition) is 1. The molecule has 34 heteroatoms. The molecule has 0 aliphatic carbocycles. The average Bonchev–Trinajstić information content (AvgIpc) is 1.14. The molecule has 0 aromatic heterocycles. The molecule has 0 radical (unpaired) electrons. The van der Waals surface area contributed by atoms with E-state index in [1.54, 1.807) is 0 Å². The van der Waals surface area contributed by atoms with Gasteiger partial charge in [0, 0.05) is 42.9 Å². The summed E-state index contributed by atoms with van der Waals surface area (Å²) < 4.78 is 154. The van der Waals surface area contributed by atoms with Crippen molar-refractivity contribution in [3.63, 3.8) is 0 Å². The molecule has 0 saturated carbocycles. The zero-order valence-electron chi connectivity index (χ0n) is 61.7. The van der Waals surface area contributed by atoms with Crippen molar-refractivity contribution in [2.24, 2.45) is 10.5 Å². The first-order valence-corrected chi connectivity index (χ1v) is 35.9. The van der Waals surface area contributed by atoms with Gasteiger partial charge in [0.2, 0.25) is 5.91 Å². The molecule has 1 N–H and O–H groups in total. The summed E-state index contributed by atoms with van der Waals surface area (Å²) in [5.41, 5.74) is 7.88. The van der Waals surface area contributed by atoms with Gasteiger partial charge in [0.15, 0.2) is 0 Å². The molecule has 0 atom stereocenters. The average molecular weight is 1470 g/mol. The second kappa shape index (κ2) is 88.0. The highest BCUT2D eigenvalue weighted by Crippen LogP contribution is 2.16. The highest BCUT2D eigenvalue weighted by atomic mass is 16.6. The first kappa shape index (κ1) is 98.3. The fourth-order valence-corrected chi connectivity index (χ4v) is 7.26. The lowest BCUT2D eigenvalue weighted by atomic mass is 9.89. The van der Waals surface area contributed by atoms with Gasteiger partial charge in [-0.05, 0) is 12.0 Å². The first-order chi connectivity index (χ1) is 49.9. The van der Waals surface area contributed by atoms with Crippen LogP contribution in [0.25, 0.3) is 10.4 Å². The molecule has 600 valence electrons. The summed E-state index contributed by atoms with van der Waals surface area (Å²) in [4.78, 5) is 26.5. The van der Waals surface area contributed by atoms with E-state index in [1.165, 1.54) is 0 Å². The third-order valence-corrected chi connectivity index (χ3v) is 12.6. The van der Waals surface area contributed by atoms with Crippen molar-refractivity contribution in [1.29, 1.82) is 0 Å². The van der Waals surface area contributed by atoms with Crippen LogP contribution in [-0.2, 0) is 142 Å². The van der Waals surface area contributed by atoms with Crippen LogP contribution >= 0.6 is 0 Å². The number of azide groups is 1. The predicted octanol–water partition coefficient (Wildman–Crippen LogP) is 2.66. The Balaban J connectivity index is 3.13. The Hall–Kier alpha value is -2.67. The molecule has 34 nitrogen and oxygen atoms in total. The fraction of sp³-hybridized carbons (Fsp3) is 0.970. The Labute approximate surface area is 601 Å². The van der Waals surface area contributed by atoms with E-state index in [0.29, 0.717) is 396 Å². The van der Waals surface area contributed by atoms with E-state index in [-0.39, 0.29) is 23.5 Å². The number of hydrogen-bond acceptors (Lipinski definition) is 31. The molecule has 0 rings (SSSR count). The second-order valence-corrected chi connectivity index (χ2v) is 22.0. The predicted molar refractivity (Wildman–Crippen MR) is 368 cm³/mol. The summed E-state index contributed by atoms with van der Waals surface area (Å²) in [6, 6.07) is 0. The Morgan fingerprint density at radius 2 is 0.406 bits per heavy atom. The van der Waals surface area contributed by atoms with Crippen molar-refractivity contribution in [3.05, 3.63) is 10.4 Å². The number of amides is 1. The van der Waals surface area contributed by atoms with Gasteiger partial charge in [-0.3, -0.25) is 9.59 Å². The maximum atomic E-state index is 11.9. The molecule has 1 amide bonds. The second-order valence-electron chi connectivity index (χ2n) is 22.0. The number of Topliss-reactive ketones (excluding diaryl/α,β-unsaturated/α-hetero) is 1. The van der Waals surface area contributed by atoms with Crippen molar-refractivity contribution in [1.82, 2.24) is 5.32 Å². The lowest BCUT2D eigenvalue weighted by molar-refractivity contribution is -0.127. The molecule has 0 aliphatic heterocycles. The van der Waals surface area contributed by atoms with Crippen molar-refractivity contribution in [3.8, 4) is 0 Å². The monoisotopic (exact) mass is 1470 g/mol. The normalized spacial score (nSPS) is 11.8. The van der Waals surface area contributed by atoms with Crippen molar-refractivity contribution in [2.45, 2.75) is 40.0 Å². The number of carbonyl (C=O) groups is 2. The number of nitrogens with one attached hydrogen (secondary N) is 1. The van der Waals surface area contributed by atoms with E-state index >= 15 is 0 Å². The van der Waals surface area contributed by atoms with E-state index in [1.807, 2.05) is 20.8 Å². The van der Waals surface area contributed by atoms with Crippen LogP contribution in [0.15, 0.2) is 5.11 Å². The highest BCUT2D eigenvalue weighted by molar-refractivity contribution is 5.83. The number of nitrogens with zero attached hydrogens (tertiary/aromatic N) is 3. The zero-order chi connectivity index (χ0) is 72.7. The van der Waals surface area contributed by atoms with Crippen LogP contribution < -0.4 is 5.32 Å². The Kier molecular flexibility index (Phi) is 85.6. The van der Waals surface area contributed by atoms with Gasteiger partial charge in [-0.1, -0.05) is 25.9 Å². The molecule has 0 spiro atoms. The number of rotatable bonds is 91. The SMILES string of the molecule is CC(C)(C)C(=O)CCOCCOCCOCCOCCOCCOCCOCCOCCOCCOCCOCCOCCOCCOCCOCCOCCOCCOCCOCCOCCOCCOCCOCCOCCNC(=O)CCOCCOCCOCCOCCCN=[N+]=[N-]. The van der Waals surface area contributed by atoms with E-state index in [0.717, 1.165) is 0 Å². The minimum Gasteiger partial charge on any atom is -0.379 e. The van der Waals surface area contributed by atoms with Gasteiger partial charge in [0.05, 0.1) is 363 Å². The van der Waals surface area contributed by atoms with E-state index in [9.17, 15) is 9.59 Å². The topological polar surface area (TPSA) is 353 Å². The van der Waals surface area contributed by atoms with Gasteiger partial charge >= 0.3 is 0 Å². The van der Waals surface area contributed by atoms with Gasteiger partial charge < -0.3 is 138 Å². The minimum absolute atomic E-state index is 0.105. The smallest absolute Gasteiger partial charge is 0.222 e. The number of ether oxygens (including phenoxy) is 28. The highest BCUT2D eigenvalue weighted by Gasteiger charge is 2.20. The molecule has 0 bridgehead atoms. The quantitative estimate of drug-likeness (QED) is 0.0396. The van der Waals surface area contributed by atoms with Crippen molar-refractivity contribution < 1.29 is 142 Å². The summed E-state index contributed by atoms with van der Waals surface area (Å²) in [5.74, 6) is 0.0892. The Morgan fingerprint density at radius 3 is 0.584 bits per heavy atom. The number of carbonyl (C=O) groups excluding carboxylic acids is 2. The van der Waals surface area contributed by atoms with Crippen LogP contribution in [-0.4, -0.2) is 395 Å². The summed E-state index contributed by atoms with van der Waals surface area (Å²) in [7, 11) is 0. The van der Waals surface area contributed by atoms with E-state index in [2.05, 4.69) is 15.3 Å². The van der Waals surface area contributed by atoms with Gasteiger partial charge in [0.1, 0.15) is 5.78 Å². The maximum Gasteiger partial charge on any atom is 0.222 e. The molecule has 0 fully saturated rings. The molecule has 0 unspecified atom stereocenters. The third-order valence-electron chi connectivity index (χ3n) is 12.6.